The van der Waals surface area contributed by atoms with Crippen molar-refractivity contribution in [1.29, 1.82) is 5.41 Å². The van der Waals surface area contributed by atoms with Crippen LogP contribution >= 0.6 is 12.4 Å². The van der Waals surface area contributed by atoms with Crippen LogP contribution in [0.2, 0.25) is 0 Å². The molecule has 0 fully saturated rings. The summed E-state index contributed by atoms with van der Waals surface area (Å²) in [6.45, 7) is 2.27. The van der Waals surface area contributed by atoms with Gasteiger partial charge in [0.15, 0.2) is 0 Å². The van der Waals surface area contributed by atoms with E-state index in [1.807, 2.05) is 12.2 Å². The second-order valence-electron chi connectivity index (χ2n) is 6.10. The van der Waals surface area contributed by atoms with E-state index in [4.69, 9.17) is 11.1 Å². The SMILES string of the molecule is CCCCCCCCCCc1ccc(/C=C/CC(=N)N)cc1.Cl. The number of aryl methyl sites for hydroxylation is 1. The van der Waals surface area contributed by atoms with Crippen molar-refractivity contribution in [3.05, 3.63) is 41.5 Å². The topological polar surface area (TPSA) is 49.9 Å². The van der Waals surface area contributed by atoms with Crippen molar-refractivity contribution >= 4 is 24.3 Å². The Labute approximate surface area is 148 Å². The van der Waals surface area contributed by atoms with Gasteiger partial charge in [0.05, 0.1) is 5.84 Å². The molecule has 0 aromatic heterocycles. The molecule has 0 aliphatic heterocycles. The molecule has 130 valence electrons. The van der Waals surface area contributed by atoms with Crippen molar-refractivity contribution in [3.63, 3.8) is 0 Å². The van der Waals surface area contributed by atoms with E-state index in [0.29, 0.717) is 6.42 Å². The molecular formula is C20H33ClN2. The molecule has 3 N–H and O–H groups in total. The predicted octanol–water partition coefficient (Wildman–Crippen LogP) is 6.13. The minimum absolute atomic E-state index is 0. The van der Waals surface area contributed by atoms with E-state index in [9.17, 15) is 0 Å². The highest BCUT2D eigenvalue weighted by atomic mass is 35.5. The molecule has 0 heterocycles. The summed E-state index contributed by atoms with van der Waals surface area (Å²) in [5.74, 6) is 0.211. The van der Waals surface area contributed by atoms with Crippen LogP contribution in [-0.2, 0) is 6.42 Å². The molecule has 1 aromatic carbocycles. The zero-order valence-electron chi connectivity index (χ0n) is 14.5. The molecule has 0 saturated heterocycles. The summed E-state index contributed by atoms with van der Waals surface area (Å²) in [4.78, 5) is 0. The molecule has 0 atom stereocenters. The van der Waals surface area contributed by atoms with Gasteiger partial charge in [0.25, 0.3) is 0 Å². The third kappa shape index (κ3) is 11.9. The van der Waals surface area contributed by atoms with Crippen LogP contribution in [0.1, 0.15) is 75.8 Å². The summed E-state index contributed by atoms with van der Waals surface area (Å²) in [5, 5.41) is 7.18. The van der Waals surface area contributed by atoms with Crippen LogP contribution < -0.4 is 5.73 Å². The average molecular weight is 337 g/mol. The minimum atomic E-state index is 0. The largest absolute Gasteiger partial charge is 0.387 e. The van der Waals surface area contributed by atoms with Crippen LogP contribution in [0.25, 0.3) is 6.08 Å². The van der Waals surface area contributed by atoms with Gasteiger partial charge >= 0.3 is 0 Å². The fourth-order valence-electron chi connectivity index (χ4n) is 2.58. The fraction of sp³-hybridized carbons (Fsp3) is 0.550. The molecular weight excluding hydrogens is 304 g/mol. The molecule has 0 radical (unpaired) electrons. The number of rotatable bonds is 12. The first-order chi connectivity index (χ1) is 10.7. The van der Waals surface area contributed by atoms with Gasteiger partial charge in [-0.15, -0.1) is 12.4 Å². The molecule has 0 unspecified atom stereocenters. The molecule has 3 heteroatoms. The van der Waals surface area contributed by atoms with Gasteiger partial charge in [0, 0.05) is 6.42 Å². The molecule has 1 aromatic rings. The first kappa shape index (κ1) is 21.7. The van der Waals surface area contributed by atoms with Crippen molar-refractivity contribution in [2.75, 3.05) is 0 Å². The smallest absolute Gasteiger partial charge is 0.0943 e. The lowest BCUT2D eigenvalue weighted by molar-refractivity contribution is 0.575. The second kappa shape index (κ2) is 14.3. The Bertz CT molecular complexity index is 437. The van der Waals surface area contributed by atoms with Crippen LogP contribution in [0.15, 0.2) is 30.3 Å². The second-order valence-corrected chi connectivity index (χ2v) is 6.10. The van der Waals surface area contributed by atoms with Crippen molar-refractivity contribution in [3.8, 4) is 0 Å². The maximum atomic E-state index is 7.18. The highest BCUT2D eigenvalue weighted by molar-refractivity contribution is 5.85. The number of halogens is 1. The van der Waals surface area contributed by atoms with Gasteiger partial charge in [-0.2, -0.15) is 0 Å². The molecule has 0 aliphatic carbocycles. The van der Waals surface area contributed by atoms with Gasteiger partial charge in [-0.3, -0.25) is 5.41 Å². The Kier molecular flexibility index (Phi) is 13.5. The molecule has 0 saturated carbocycles. The molecule has 0 amide bonds. The highest BCUT2D eigenvalue weighted by Gasteiger charge is 1.95. The van der Waals surface area contributed by atoms with Gasteiger partial charge in [-0.25, -0.2) is 0 Å². The van der Waals surface area contributed by atoms with E-state index in [2.05, 4.69) is 31.2 Å². The van der Waals surface area contributed by atoms with Crippen molar-refractivity contribution < 1.29 is 0 Å². The molecule has 1 rings (SSSR count). The van der Waals surface area contributed by atoms with Crippen LogP contribution in [0, 0.1) is 5.41 Å². The van der Waals surface area contributed by atoms with Gasteiger partial charge < -0.3 is 5.73 Å². The van der Waals surface area contributed by atoms with E-state index in [-0.39, 0.29) is 18.2 Å². The summed E-state index contributed by atoms with van der Waals surface area (Å²) in [5.41, 5.74) is 7.93. The standard InChI is InChI=1S/C20H32N2.ClH/c1-2-3-4-5-6-7-8-9-11-18-14-16-19(17-15-18)12-10-13-20(21)22;/h10,12,14-17H,2-9,11,13H2,1H3,(H3,21,22);1H/b12-10+;. The van der Waals surface area contributed by atoms with E-state index < -0.39 is 0 Å². The van der Waals surface area contributed by atoms with Crippen LogP contribution in [0.5, 0.6) is 0 Å². The molecule has 0 aliphatic rings. The van der Waals surface area contributed by atoms with Crippen molar-refractivity contribution in [2.45, 2.75) is 71.1 Å². The van der Waals surface area contributed by atoms with Crippen molar-refractivity contribution in [2.24, 2.45) is 5.73 Å². The monoisotopic (exact) mass is 336 g/mol. The number of amidine groups is 1. The van der Waals surface area contributed by atoms with E-state index in [1.165, 1.54) is 68.9 Å². The Morgan fingerprint density at radius 3 is 2.09 bits per heavy atom. The summed E-state index contributed by atoms with van der Waals surface area (Å²) >= 11 is 0. The number of nitrogens with two attached hydrogens (primary N) is 1. The highest BCUT2D eigenvalue weighted by Crippen LogP contribution is 2.12. The molecule has 2 nitrogen and oxygen atoms in total. The number of hydrogen-bond donors (Lipinski definition) is 2. The number of nitrogens with one attached hydrogen (secondary N) is 1. The zero-order chi connectivity index (χ0) is 16.0. The van der Waals surface area contributed by atoms with Gasteiger partial charge in [-0.05, 0) is 24.0 Å². The maximum Gasteiger partial charge on any atom is 0.0943 e. The number of unbranched alkanes of at least 4 members (excludes halogenated alkanes) is 7. The quantitative estimate of drug-likeness (QED) is 0.269. The minimum Gasteiger partial charge on any atom is -0.387 e. The zero-order valence-corrected chi connectivity index (χ0v) is 15.3. The molecule has 23 heavy (non-hydrogen) atoms. The summed E-state index contributed by atoms with van der Waals surface area (Å²) in [7, 11) is 0. The van der Waals surface area contributed by atoms with Gasteiger partial charge in [-0.1, -0.05) is 88.3 Å². The third-order valence-corrected chi connectivity index (χ3v) is 3.95. The maximum absolute atomic E-state index is 7.18. The Balaban J connectivity index is 0.00000484. The van der Waals surface area contributed by atoms with E-state index in [0.717, 1.165) is 0 Å². The lowest BCUT2D eigenvalue weighted by Gasteiger charge is -2.03. The Hall–Kier alpha value is -1.28. The van der Waals surface area contributed by atoms with Crippen LogP contribution in [0.4, 0.5) is 0 Å². The Morgan fingerprint density at radius 1 is 0.957 bits per heavy atom. The lowest BCUT2D eigenvalue weighted by atomic mass is 10.0. The molecule has 0 bridgehead atoms. The lowest BCUT2D eigenvalue weighted by Crippen LogP contribution is -2.06. The summed E-state index contributed by atoms with van der Waals surface area (Å²) < 4.78 is 0. The van der Waals surface area contributed by atoms with Crippen molar-refractivity contribution in [1.82, 2.24) is 0 Å². The predicted molar refractivity (Wildman–Crippen MR) is 106 cm³/mol. The first-order valence-electron chi connectivity index (χ1n) is 8.80. The Morgan fingerprint density at radius 2 is 1.52 bits per heavy atom. The van der Waals surface area contributed by atoms with Gasteiger partial charge in [0.1, 0.15) is 0 Å². The van der Waals surface area contributed by atoms with E-state index in [1.54, 1.807) is 0 Å². The number of hydrogen-bond acceptors (Lipinski definition) is 1. The normalized spacial score (nSPS) is 10.7. The average Bonchev–Trinajstić information content (AvgIpc) is 2.51. The first-order valence-corrected chi connectivity index (χ1v) is 8.80. The third-order valence-electron chi connectivity index (χ3n) is 3.95. The van der Waals surface area contributed by atoms with Crippen LogP contribution in [0.3, 0.4) is 0 Å². The number of benzene rings is 1. The van der Waals surface area contributed by atoms with E-state index >= 15 is 0 Å². The van der Waals surface area contributed by atoms with Crippen LogP contribution in [-0.4, -0.2) is 5.84 Å². The molecule has 0 spiro atoms. The fourth-order valence-corrected chi connectivity index (χ4v) is 2.58. The van der Waals surface area contributed by atoms with Gasteiger partial charge in [0.2, 0.25) is 0 Å². The summed E-state index contributed by atoms with van der Waals surface area (Å²) in [6, 6.07) is 8.73. The summed E-state index contributed by atoms with van der Waals surface area (Å²) in [6.07, 6.45) is 16.7.